The Labute approximate surface area is 192 Å². The molecule has 0 N–H and O–H groups in total. The number of hydrogen-bond acceptors (Lipinski definition) is 3. The van der Waals surface area contributed by atoms with E-state index < -0.39 is 0 Å². The number of rotatable bonds is 6. The molecule has 1 aliphatic heterocycles. The highest BCUT2D eigenvalue weighted by atomic mass is 35.5. The molecule has 1 amide bonds. The summed E-state index contributed by atoms with van der Waals surface area (Å²) in [4.78, 5) is 19.6. The summed E-state index contributed by atoms with van der Waals surface area (Å²) in [7, 11) is 0. The van der Waals surface area contributed by atoms with Crippen molar-refractivity contribution in [3.05, 3.63) is 89.2 Å². The minimum Gasteiger partial charge on any atom is -0.492 e. The Morgan fingerprint density at radius 3 is 2.69 bits per heavy atom. The fraction of sp³-hybridized carbons (Fsp3) is 0.231. The number of para-hydroxylation sites is 2. The number of anilines is 1. The number of ether oxygens (including phenoxy) is 1. The predicted molar refractivity (Wildman–Crippen MR) is 128 cm³/mol. The first-order valence-electron chi connectivity index (χ1n) is 10.8. The summed E-state index contributed by atoms with van der Waals surface area (Å²) in [6.07, 6.45) is 0.435. The Balaban J connectivity index is 1.40. The van der Waals surface area contributed by atoms with Crippen LogP contribution in [0.3, 0.4) is 0 Å². The van der Waals surface area contributed by atoms with Crippen LogP contribution in [0, 0.1) is 6.92 Å². The number of halogens is 1. The summed E-state index contributed by atoms with van der Waals surface area (Å²) < 4.78 is 8.21. The molecule has 1 atom stereocenters. The predicted octanol–water partition coefficient (Wildman–Crippen LogP) is 5.60. The first-order valence-corrected chi connectivity index (χ1v) is 11.2. The number of nitrogens with zero attached hydrogens (tertiary/aromatic N) is 3. The quantitative estimate of drug-likeness (QED) is 0.388. The number of carbonyl (C=O) groups excluding carboxylic acids is 1. The van der Waals surface area contributed by atoms with Crippen molar-refractivity contribution >= 4 is 34.2 Å². The second-order valence-electron chi connectivity index (χ2n) is 8.16. The number of fused-ring (bicyclic) bond motifs is 1. The fourth-order valence-electron chi connectivity index (χ4n) is 4.35. The Bertz CT molecular complexity index is 1270. The lowest BCUT2D eigenvalue weighted by Gasteiger charge is -2.17. The molecule has 1 fully saturated rings. The van der Waals surface area contributed by atoms with Crippen molar-refractivity contribution in [1.29, 1.82) is 0 Å². The molecule has 1 aromatic heterocycles. The Morgan fingerprint density at radius 2 is 1.88 bits per heavy atom. The zero-order chi connectivity index (χ0) is 22.1. The van der Waals surface area contributed by atoms with Gasteiger partial charge in [0.1, 0.15) is 18.2 Å². The molecule has 0 unspecified atom stereocenters. The Hall–Kier alpha value is -3.31. The highest BCUT2D eigenvalue weighted by Crippen LogP contribution is 2.33. The summed E-state index contributed by atoms with van der Waals surface area (Å²) in [5.74, 6) is 1.92. The molecule has 5 rings (SSSR count). The van der Waals surface area contributed by atoms with Crippen molar-refractivity contribution in [2.45, 2.75) is 25.8 Å². The van der Waals surface area contributed by atoms with Gasteiger partial charge >= 0.3 is 0 Å². The van der Waals surface area contributed by atoms with Crippen LogP contribution in [0.25, 0.3) is 11.0 Å². The summed E-state index contributed by atoms with van der Waals surface area (Å²) in [6.45, 7) is 3.84. The van der Waals surface area contributed by atoms with Crippen molar-refractivity contribution < 1.29 is 9.53 Å². The SMILES string of the molecule is Cc1cccc(OCCn2c([C@H]3CC(=O)N(c4ccc(Cl)cc4)C3)nc3ccccc32)c1. The van der Waals surface area contributed by atoms with Gasteiger partial charge in [-0.15, -0.1) is 0 Å². The molecule has 0 aliphatic carbocycles. The van der Waals surface area contributed by atoms with E-state index in [-0.39, 0.29) is 11.8 Å². The summed E-state index contributed by atoms with van der Waals surface area (Å²) in [5, 5.41) is 0.660. The highest BCUT2D eigenvalue weighted by Gasteiger charge is 2.34. The van der Waals surface area contributed by atoms with Crippen LogP contribution < -0.4 is 9.64 Å². The van der Waals surface area contributed by atoms with Gasteiger partial charge in [-0.05, 0) is 61.0 Å². The molecule has 2 heterocycles. The third kappa shape index (κ3) is 4.08. The lowest BCUT2D eigenvalue weighted by Crippen LogP contribution is -2.24. The van der Waals surface area contributed by atoms with E-state index in [0.29, 0.717) is 31.1 Å². The Kier molecular flexibility index (Phi) is 5.58. The molecule has 1 saturated heterocycles. The summed E-state index contributed by atoms with van der Waals surface area (Å²) >= 11 is 6.02. The average molecular weight is 446 g/mol. The largest absolute Gasteiger partial charge is 0.492 e. The third-order valence-electron chi connectivity index (χ3n) is 5.89. The number of amides is 1. The second-order valence-corrected chi connectivity index (χ2v) is 8.59. The highest BCUT2D eigenvalue weighted by molar-refractivity contribution is 6.30. The van der Waals surface area contributed by atoms with Crippen LogP contribution in [0.5, 0.6) is 5.75 Å². The van der Waals surface area contributed by atoms with E-state index in [1.165, 1.54) is 5.56 Å². The summed E-state index contributed by atoms with van der Waals surface area (Å²) in [5.41, 5.74) is 4.04. The Morgan fingerprint density at radius 1 is 1.06 bits per heavy atom. The van der Waals surface area contributed by atoms with E-state index >= 15 is 0 Å². The van der Waals surface area contributed by atoms with Gasteiger partial charge in [0.05, 0.1) is 17.6 Å². The molecule has 3 aromatic carbocycles. The molecule has 1 aliphatic rings. The molecule has 32 heavy (non-hydrogen) atoms. The van der Waals surface area contributed by atoms with Gasteiger partial charge < -0.3 is 14.2 Å². The van der Waals surface area contributed by atoms with Crippen LogP contribution in [-0.2, 0) is 11.3 Å². The van der Waals surface area contributed by atoms with E-state index in [9.17, 15) is 4.79 Å². The maximum atomic E-state index is 12.8. The van der Waals surface area contributed by atoms with Gasteiger partial charge in [0.25, 0.3) is 0 Å². The second kappa shape index (κ2) is 8.67. The molecule has 0 spiro atoms. The van der Waals surface area contributed by atoms with Gasteiger partial charge in [-0.25, -0.2) is 4.98 Å². The van der Waals surface area contributed by atoms with Gasteiger partial charge in [0, 0.05) is 29.6 Å². The smallest absolute Gasteiger partial charge is 0.227 e. The van der Waals surface area contributed by atoms with Crippen LogP contribution in [-0.4, -0.2) is 28.6 Å². The van der Waals surface area contributed by atoms with Gasteiger partial charge in [-0.2, -0.15) is 0 Å². The number of benzene rings is 3. The minimum atomic E-state index is 0.0181. The molecule has 0 bridgehead atoms. The molecule has 162 valence electrons. The lowest BCUT2D eigenvalue weighted by atomic mass is 10.1. The molecule has 0 radical (unpaired) electrons. The van der Waals surface area contributed by atoms with Gasteiger partial charge in [0.2, 0.25) is 5.91 Å². The van der Waals surface area contributed by atoms with Crippen LogP contribution in [0.4, 0.5) is 5.69 Å². The van der Waals surface area contributed by atoms with E-state index in [1.807, 2.05) is 65.6 Å². The summed E-state index contributed by atoms with van der Waals surface area (Å²) in [6, 6.07) is 23.6. The van der Waals surface area contributed by atoms with Gasteiger partial charge in [-0.3, -0.25) is 4.79 Å². The fourth-order valence-corrected chi connectivity index (χ4v) is 4.48. The monoisotopic (exact) mass is 445 g/mol. The molecular formula is C26H24ClN3O2. The number of aromatic nitrogens is 2. The van der Waals surface area contributed by atoms with E-state index in [1.54, 1.807) is 0 Å². The standard InChI is InChI=1S/C26H24ClN3O2/c1-18-5-4-6-22(15-18)32-14-13-29-24-8-3-2-7-23(24)28-26(29)19-16-25(31)30(17-19)21-11-9-20(27)10-12-21/h2-12,15,19H,13-14,16-17H2,1H3/t19-/m0/s1. The van der Waals surface area contributed by atoms with E-state index in [0.717, 1.165) is 28.3 Å². The maximum Gasteiger partial charge on any atom is 0.227 e. The number of imidazole rings is 1. The third-order valence-corrected chi connectivity index (χ3v) is 6.14. The zero-order valence-corrected chi connectivity index (χ0v) is 18.6. The molecule has 6 heteroatoms. The lowest BCUT2D eigenvalue weighted by molar-refractivity contribution is -0.117. The van der Waals surface area contributed by atoms with Crippen LogP contribution in [0.2, 0.25) is 5.02 Å². The maximum absolute atomic E-state index is 12.8. The van der Waals surface area contributed by atoms with Crippen molar-refractivity contribution in [1.82, 2.24) is 9.55 Å². The molecule has 5 nitrogen and oxygen atoms in total. The van der Waals surface area contributed by atoms with Crippen molar-refractivity contribution in [2.75, 3.05) is 18.1 Å². The number of aryl methyl sites for hydroxylation is 1. The first kappa shape index (κ1) is 20.6. The molecule has 4 aromatic rings. The average Bonchev–Trinajstić information content (AvgIpc) is 3.35. The van der Waals surface area contributed by atoms with E-state index in [2.05, 4.69) is 23.6 Å². The van der Waals surface area contributed by atoms with Gasteiger partial charge in [-0.1, -0.05) is 35.9 Å². The first-order chi connectivity index (χ1) is 15.6. The molecular weight excluding hydrogens is 422 g/mol. The zero-order valence-electron chi connectivity index (χ0n) is 17.9. The number of hydrogen-bond donors (Lipinski definition) is 0. The molecule has 0 saturated carbocycles. The minimum absolute atomic E-state index is 0.0181. The van der Waals surface area contributed by atoms with Crippen LogP contribution >= 0.6 is 11.6 Å². The van der Waals surface area contributed by atoms with Crippen LogP contribution in [0.15, 0.2) is 72.8 Å². The number of carbonyl (C=O) groups is 1. The van der Waals surface area contributed by atoms with Crippen LogP contribution in [0.1, 0.15) is 23.7 Å². The van der Waals surface area contributed by atoms with Crippen molar-refractivity contribution in [3.63, 3.8) is 0 Å². The normalized spacial score (nSPS) is 16.1. The van der Waals surface area contributed by atoms with E-state index in [4.69, 9.17) is 21.3 Å². The topological polar surface area (TPSA) is 47.4 Å². The van der Waals surface area contributed by atoms with Crippen molar-refractivity contribution in [3.8, 4) is 5.75 Å². The van der Waals surface area contributed by atoms with Gasteiger partial charge in [0.15, 0.2) is 0 Å². The van der Waals surface area contributed by atoms with Crippen molar-refractivity contribution in [2.24, 2.45) is 0 Å².